The highest BCUT2D eigenvalue weighted by Gasteiger charge is 2.07. The van der Waals surface area contributed by atoms with E-state index in [0.29, 0.717) is 0 Å². The standard InChI is InChI=1S/C17H14IN/c18-12-6-1-7-13-19-16-10-4-2-8-14(16)15-9-3-5-11-17(15)19/h1-12H,13H2/b7-1-,12-6+. The Balaban J connectivity index is 2.19. The van der Waals surface area contributed by atoms with Gasteiger partial charge in [-0.25, -0.2) is 0 Å². The number of para-hydroxylation sites is 2. The van der Waals surface area contributed by atoms with Crippen LogP contribution in [0, 0.1) is 0 Å². The maximum Gasteiger partial charge on any atom is 0.0494 e. The van der Waals surface area contributed by atoms with Crippen molar-refractivity contribution in [3.63, 3.8) is 0 Å². The molecule has 0 aliphatic rings. The Morgan fingerprint density at radius 3 is 2.00 bits per heavy atom. The van der Waals surface area contributed by atoms with Crippen molar-refractivity contribution in [2.45, 2.75) is 6.54 Å². The van der Waals surface area contributed by atoms with E-state index in [2.05, 4.69) is 93.9 Å². The molecule has 1 aromatic heterocycles. The van der Waals surface area contributed by atoms with Gasteiger partial charge in [0.1, 0.15) is 0 Å². The summed E-state index contributed by atoms with van der Waals surface area (Å²) in [5, 5.41) is 2.66. The average Bonchev–Trinajstić information content (AvgIpc) is 2.78. The van der Waals surface area contributed by atoms with Crippen LogP contribution in [0.15, 0.2) is 70.8 Å². The molecule has 0 spiro atoms. The summed E-state index contributed by atoms with van der Waals surface area (Å²) in [5.41, 5.74) is 2.60. The van der Waals surface area contributed by atoms with Crippen LogP contribution in [0.25, 0.3) is 21.8 Å². The van der Waals surface area contributed by atoms with Gasteiger partial charge in [-0.2, -0.15) is 0 Å². The van der Waals surface area contributed by atoms with Crippen molar-refractivity contribution in [3.05, 3.63) is 70.8 Å². The van der Waals surface area contributed by atoms with E-state index in [9.17, 15) is 0 Å². The summed E-state index contributed by atoms with van der Waals surface area (Å²) in [6.07, 6.45) is 6.33. The first-order valence-corrected chi connectivity index (χ1v) is 7.54. The van der Waals surface area contributed by atoms with Crippen molar-refractivity contribution >= 4 is 44.4 Å². The van der Waals surface area contributed by atoms with E-state index in [0.717, 1.165) is 6.54 Å². The van der Waals surface area contributed by atoms with Crippen LogP contribution in [-0.2, 0) is 6.54 Å². The first kappa shape index (κ1) is 12.5. The van der Waals surface area contributed by atoms with E-state index in [4.69, 9.17) is 0 Å². The fourth-order valence-corrected chi connectivity index (χ4v) is 2.73. The lowest BCUT2D eigenvalue weighted by atomic mass is 10.2. The normalized spacial score (nSPS) is 12.3. The van der Waals surface area contributed by atoms with E-state index in [1.165, 1.54) is 21.8 Å². The maximum absolute atomic E-state index is 2.36. The third kappa shape index (κ3) is 2.32. The van der Waals surface area contributed by atoms with Gasteiger partial charge in [-0.05, 0) is 16.2 Å². The van der Waals surface area contributed by atoms with E-state index < -0.39 is 0 Å². The van der Waals surface area contributed by atoms with Crippen molar-refractivity contribution in [3.8, 4) is 0 Å². The molecular weight excluding hydrogens is 345 g/mol. The Kier molecular flexibility index (Phi) is 3.69. The number of nitrogens with zero attached hydrogens (tertiary/aromatic N) is 1. The zero-order valence-corrected chi connectivity index (χ0v) is 12.6. The summed E-state index contributed by atoms with van der Waals surface area (Å²) in [6, 6.07) is 17.2. The molecule has 3 aromatic rings. The molecule has 19 heavy (non-hydrogen) atoms. The van der Waals surface area contributed by atoms with Crippen LogP contribution in [-0.4, -0.2) is 4.57 Å². The summed E-state index contributed by atoms with van der Waals surface area (Å²) >= 11 is 2.23. The molecule has 1 nitrogen and oxygen atoms in total. The zero-order chi connectivity index (χ0) is 13.1. The Hall–Kier alpha value is -1.55. The number of aromatic nitrogens is 1. The third-order valence-electron chi connectivity index (χ3n) is 3.29. The van der Waals surface area contributed by atoms with Gasteiger partial charge in [0, 0.05) is 28.4 Å². The van der Waals surface area contributed by atoms with Gasteiger partial charge in [-0.15, -0.1) is 0 Å². The number of allylic oxidation sites excluding steroid dienone is 3. The Labute approximate surface area is 126 Å². The van der Waals surface area contributed by atoms with Gasteiger partial charge in [0.15, 0.2) is 0 Å². The predicted molar refractivity (Wildman–Crippen MR) is 91.7 cm³/mol. The fraction of sp³-hybridized carbons (Fsp3) is 0.0588. The van der Waals surface area contributed by atoms with Gasteiger partial charge in [-0.1, -0.05) is 77.2 Å². The van der Waals surface area contributed by atoms with Crippen LogP contribution < -0.4 is 0 Å². The molecule has 2 heteroatoms. The monoisotopic (exact) mass is 359 g/mol. The van der Waals surface area contributed by atoms with Gasteiger partial charge >= 0.3 is 0 Å². The molecule has 0 N–H and O–H groups in total. The minimum atomic E-state index is 0.898. The first-order valence-electron chi connectivity index (χ1n) is 6.29. The Bertz CT molecular complexity index is 712. The molecule has 0 unspecified atom stereocenters. The second kappa shape index (κ2) is 5.61. The molecule has 0 aliphatic heterocycles. The van der Waals surface area contributed by atoms with E-state index >= 15 is 0 Å². The third-order valence-corrected chi connectivity index (χ3v) is 3.70. The van der Waals surface area contributed by atoms with Crippen LogP contribution >= 0.6 is 22.6 Å². The number of halogens is 1. The minimum absolute atomic E-state index is 0.898. The number of benzene rings is 2. The van der Waals surface area contributed by atoms with Gasteiger partial charge in [0.2, 0.25) is 0 Å². The average molecular weight is 359 g/mol. The molecule has 0 radical (unpaired) electrons. The summed E-state index contributed by atoms with van der Waals surface area (Å²) in [6.45, 7) is 0.898. The SMILES string of the molecule is I/C=C/C=C\Cn1c2ccccc2c2ccccc21. The highest BCUT2D eigenvalue weighted by atomic mass is 127. The lowest BCUT2D eigenvalue weighted by Gasteiger charge is -2.02. The van der Waals surface area contributed by atoms with Crippen LogP contribution in [0.5, 0.6) is 0 Å². The maximum atomic E-state index is 2.36. The van der Waals surface area contributed by atoms with Crippen molar-refractivity contribution in [1.82, 2.24) is 4.57 Å². The summed E-state index contributed by atoms with van der Waals surface area (Å²) < 4.78 is 4.38. The van der Waals surface area contributed by atoms with Crippen molar-refractivity contribution in [1.29, 1.82) is 0 Å². The molecule has 0 amide bonds. The van der Waals surface area contributed by atoms with Gasteiger partial charge in [-0.3, -0.25) is 0 Å². The highest BCUT2D eigenvalue weighted by molar-refractivity contribution is 14.1. The molecule has 0 bridgehead atoms. The molecule has 0 atom stereocenters. The Morgan fingerprint density at radius 2 is 1.42 bits per heavy atom. The summed E-state index contributed by atoms with van der Waals surface area (Å²) in [7, 11) is 0. The largest absolute Gasteiger partial charge is 0.337 e. The molecule has 0 saturated heterocycles. The highest BCUT2D eigenvalue weighted by Crippen LogP contribution is 2.28. The minimum Gasteiger partial charge on any atom is -0.337 e. The topological polar surface area (TPSA) is 4.93 Å². The summed E-state index contributed by atoms with van der Waals surface area (Å²) in [5.74, 6) is 0. The van der Waals surface area contributed by atoms with Crippen LogP contribution in [0.2, 0.25) is 0 Å². The van der Waals surface area contributed by atoms with Crippen molar-refractivity contribution < 1.29 is 0 Å². The zero-order valence-electron chi connectivity index (χ0n) is 10.5. The molecule has 3 rings (SSSR count). The number of hydrogen-bond acceptors (Lipinski definition) is 0. The molecular formula is C17H14IN. The molecule has 0 fully saturated rings. The number of fused-ring (bicyclic) bond motifs is 3. The fourth-order valence-electron chi connectivity index (χ4n) is 2.49. The molecule has 2 aromatic carbocycles. The smallest absolute Gasteiger partial charge is 0.0494 e. The van der Waals surface area contributed by atoms with Crippen LogP contribution in [0.1, 0.15) is 0 Å². The predicted octanol–water partition coefficient (Wildman–Crippen LogP) is 5.30. The molecule has 0 saturated carbocycles. The first-order chi connectivity index (χ1) is 9.42. The van der Waals surface area contributed by atoms with Gasteiger partial charge in [0.05, 0.1) is 0 Å². The van der Waals surface area contributed by atoms with Gasteiger partial charge < -0.3 is 4.57 Å². The molecule has 0 aliphatic carbocycles. The van der Waals surface area contributed by atoms with Crippen LogP contribution in [0.4, 0.5) is 0 Å². The van der Waals surface area contributed by atoms with E-state index in [1.54, 1.807) is 0 Å². The lowest BCUT2D eigenvalue weighted by Crippen LogP contribution is -1.93. The van der Waals surface area contributed by atoms with Crippen molar-refractivity contribution in [2.24, 2.45) is 0 Å². The number of rotatable bonds is 3. The van der Waals surface area contributed by atoms with Crippen LogP contribution in [0.3, 0.4) is 0 Å². The summed E-state index contributed by atoms with van der Waals surface area (Å²) in [4.78, 5) is 0. The molecule has 94 valence electrons. The van der Waals surface area contributed by atoms with Crippen molar-refractivity contribution in [2.75, 3.05) is 0 Å². The quantitative estimate of drug-likeness (QED) is 0.442. The lowest BCUT2D eigenvalue weighted by molar-refractivity contribution is 0.899. The van der Waals surface area contributed by atoms with E-state index in [-0.39, 0.29) is 0 Å². The second-order valence-corrected chi connectivity index (χ2v) is 5.11. The second-order valence-electron chi connectivity index (χ2n) is 4.39. The molecule has 1 heterocycles. The van der Waals surface area contributed by atoms with E-state index in [1.807, 2.05) is 4.08 Å². The number of hydrogen-bond donors (Lipinski definition) is 0. The van der Waals surface area contributed by atoms with Gasteiger partial charge in [0.25, 0.3) is 0 Å². The Morgan fingerprint density at radius 1 is 0.842 bits per heavy atom.